The Morgan fingerprint density at radius 1 is 1.07 bits per heavy atom. The van der Waals surface area contributed by atoms with Gasteiger partial charge in [-0.2, -0.15) is 0 Å². The van der Waals surface area contributed by atoms with E-state index in [0.717, 1.165) is 17.1 Å². The standard InChI is InChI=1S/C12H8N2/c1-2-4-11-9-10(3-1)5-6-12-13-7-8-14(11)12/h1-8H. The molecule has 2 heterocycles. The lowest BCUT2D eigenvalue weighted by Gasteiger charge is -2.01. The number of aromatic nitrogens is 2. The minimum absolute atomic E-state index is 0.947. The topological polar surface area (TPSA) is 17.8 Å². The minimum atomic E-state index is 0.947. The highest BCUT2D eigenvalue weighted by atomic mass is 15.1. The Bertz CT molecular complexity index is 532. The van der Waals surface area contributed by atoms with Gasteiger partial charge in [0.2, 0.25) is 0 Å². The fraction of sp³-hybridized carbons (Fsp3) is 0. The van der Waals surface area contributed by atoms with Crippen LogP contribution in [0.2, 0.25) is 0 Å². The van der Waals surface area contributed by atoms with E-state index in [0.29, 0.717) is 0 Å². The van der Waals surface area contributed by atoms with Crippen LogP contribution in [0.15, 0.2) is 54.1 Å². The fourth-order valence-corrected chi connectivity index (χ4v) is 1.58. The molecule has 0 unspecified atom stereocenters. The van der Waals surface area contributed by atoms with Gasteiger partial charge in [-0.15, -0.1) is 0 Å². The van der Waals surface area contributed by atoms with Gasteiger partial charge in [-0.25, -0.2) is 4.98 Å². The summed E-state index contributed by atoms with van der Waals surface area (Å²) < 4.78 is 2.02. The summed E-state index contributed by atoms with van der Waals surface area (Å²) in [5.41, 5.74) is 5.43. The molecule has 0 amide bonds. The molecule has 0 saturated heterocycles. The van der Waals surface area contributed by atoms with Crippen LogP contribution in [0, 0.1) is 0 Å². The third kappa shape index (κ3) is 1.02. The molecular weight excluding hydrogens is 172 g/mol. The van der Waals surface area contributed by atoms with Crippen molar-refractivity contribution in [2.75, 3.05) is 0 Å². The van der Waals surface area contributed by atoms with Crippen molar-refractivity contribution in [2.45, 2.75) is 0 Å². The summed E-state index contributed by atoms with van der Waals surface area (Å²) >= 11 is 0. The van der Waals surface area contributed by atoms with Crippen molar-refractivity contribution < 1.29 is 0 Å². The summed E-state index contributed by atoms with van der Waals surface area (Å²) in [6.45, 7) is 0. The summed E-state index contributed by atoms with van der Waals surface area (Å²) in [4.78, 5) is 4.25. The van der Waals surface area contributed by atoms with Gasteiger partial charge in [0.1, 0.15) is 5.82 Å². The van der Waals surface area contributed by atoms with Crippen LogP contribution in [0.25, 0.3) is 11.8 Å². The van der Waals surface area contributed by atoms with Crippen molar-refractivity contribution in [2.24, 2.45) is 0 Å². The molecule has 2 aliphatic rings. The third-order valence-corrected chi connectivity index (χ3v) is 2.25. The minimum Gasteiger partial charge on any atom is -0.293 e. The van der Waals surface area contributed by atoms with Crippen molar-refractivity contribution >= 4 is 11.8 Å². The van der Waals surface area contributed by atoms with Crippen molar-refractivity contribution in [3.05, 3.63) is 59.9 Å². The van der Waals surface area contributed by atoms with Crippen LogP contribution in [0.1, 0.15) is 5.82 Å². The van der Waals surface area contributed by atoms with E-state index in [2.05, 4.69) is 10.7 Å². The van der Waals surface area contributed by atoms with Gasteiger partial charge >= 0.3 is 0 Å². The number of hydrogen-bond donors (Lipinski definition) is 0. The van der Waals surface area contributed by atoms with Gasteiger partial charge < -0.3 is 0 Å². The van der Waals surface area contributed by atoms with E-state index in [4.69, 9.17) is 0 Å². The molecule has 0 radical (unpaired) electrons. The number of hydrogen-bond acceptors (Lipinski definition) is 1. The molecular formula is C12H8N2. The molecule has 0 saturated carbocycles. The normalized spacial score (nSPS) is 16.9. The fourth-order valence-electron chi connectivity index (χ4n) is 1.58. The molecule has 0 spiro atoms. The quantitative estimate of drug-likeness (QED) is 0.560. The molecule has 0 aromatic carbocycles. The van der Waals surface area contributed by atoms with Crippen molar-refractivity contribution in [1.29, 1.82) is 0 Å². The number of allylic oxidation sites excluding steroid dienone is 6. The zero-order valence-electron chi connectivity index (χ0n) is 7.51. The highest BCUT2D eigenvalue weighted by molar-refractivity contribution is 5.68. The first-order valence-electron chi connectivity index (χ1n) is 4.51. The van der Waals surface area contributed by atoms with Crippen LogP contribution in [0.3, 0.4) is 0 Å². The van der Waals surface area contributed by atoms with Gasteiger partial charge in [-0.1, -0.05) is 17.9 Å². The van der Waals surface area contributed by atoms with Gasteiger partial charge in [-0.05, 0) is 24.3 Å². The van der Waals surface area contributed by atoms with Crippen molar-refractivity contribution in [3.8, 4) is 0 Å². The lowest BCUT2D eigenvalue weighted by molar-refractivity contribution is 1.08. The Kier molecular flexibility index (Phi) is 1.43. The molecule has 1 aromatic rings. The first kappa shape index (κ1) is 7.36. The second kappa shape index (κ2) is 2.72. The first-order chi connectivity index (χ1) is 6.93. The van der Waals surface area contributed by atoms with E-state index in [1.165, 1.54) is 0 Å². The molecule has 3 rings (SSSR count). The Morgan fingerprint density at radius 2 is 2.00 bits per heavy atom. The molecule has 2 bridgehead atoms. The van der Waals surface area contributed by atoms with Crippen LogP contribution in [-0.2, 0) is 0 Å². The van der Waals surface area contributed by atoms with E-state index in [1.807, 2.05) is 47.2 Å². The van der Waals surface area contributed by atoms with E-state index in [9.17, 15) is 0 Å². The monoisotopic (exact) mass is 180 g/mol. The Morgan fingerprint density at radius 3 is 3.00 bits per heavy atom. The van der Waals surface area contributed by atoms with Gasteiger partial charge in [0.05, 0.1) is 5.70 Å². The van der Waals surface area contributed by atoms with Gasteiger partial charge in [0.25, 0.3) is 0 Å². The Hall–Kier alpha value is -2.05. The Labute approximate surface area is 81.9 Å². The van der Waals surface area contributed by atoms with Gasteiger partial charge in [0.15, 0.2) is 0 Å². The summed E-state index contributed by atoms with van der Waals surface area (Å²) in [6, 6.07) is 0. The van der Waals surface area contributed by atoms with Crippen LogP contribution < -0.4 is 0 Å². The average molecular weight is 180 g/mol. The van der Waals surface area contributed by atoms with Crippen LogP contribution in [0.4, 0.5) is 0 Å². The zero-order valence-corrected chi connectivity index (χ0v) is 7.51. The maximum absolute atomic E-state index is 4.25. The zero-order chi connectivity index (χ0) is 9.38. The van der Waals surface area contributed by atoms with Crippen LogP contribution in [0.5, 0.6) is 0 Å². The number of nitrogens with zero attached hydrogens (tertiary/aromatic N) is 2. The van der Waals surface area contributed by atoms with Crippen molar-refractivity contribution in [1.82, 2.24) is 9.55 Å². The maximum Gasteiger partial charge on any atom is 0.137 e. The van der Waals surface area contributed by atoms with Gasteiger partial charge in [0, 0.05) is 18.0 Å². The highest BCUT2D eigenvalue weighted by Gasteiger charge is 2.06. The number of rotatable bonds is 0. The number of imidazole rings is 1. The average Bonchev–Trinajstić information content (AvgIpc) is 2.47. The molecule has 14 heavy (non-hydrogen) atoms. The predicted molar refractivity (Wildman–Crippen MR) is 56.3 cm³/mol. The summed E-state index contributed by atoms with van der Waals surface area (Å²) in [7, 11) is 0. The molecule has 2 heteroatoms. The molecule has 1 aromatic heterocycles. The SMILES string of the molecule is C1=C2C=CC=CC=1n1ccnc1C=C2. The second-order valence-electron chi connectivity index (χ2n) is 3.17. The van der Waals surface area contributed by atoms with E-state index >= 15 is 0 Å². The van der Waals surface area contributed by atoms with Crippen LogP contribution in [-0.4, -0.2) is 9.55 Å². The van der Waals surface area contributed by atoms with E-state index in [-0.39, 0.29) is 0 Å². The third-order valence-electron chi connectivity index (χ3n) is 2.25. The maximum atomic E-state index is 4.25. The highest BCUT2D eigenvalue weighted by Crippen LogP contribution is 2.18. The van der Waals surface area contributed by atoms with Crippen LogP contribution >= 0.6 is 0 Å². The first-order valence-corrected chi connectivity index (χ1v) is 4.51. The molecule has 0 N–H and O–H groups in total. The van der Waals surface area contributed by atoms with E-state index < -0.39 is 0 Å². The summed E-state index contributed by atoms with van der Waals surface area (Å²) in [5.74, 6) is 0.947. The lowest BCUT2D eigenvalue weighted by Crippen LogP contribution is -1.94. The van der Waals surface area contributed by atoms with Crippen molar-refractivity contribution in [3.63, 3.8) is 0 Å². The lowest BCUT2D eigenvalue weighted by atomic mass is 10.2. The van der Waals surface area contributed by atoms with Gasteiger partial charge in [-0.3, -0.25) is 4.57 Å². The molecule has 0 atom stereocenters. The molecule has 0 fully saturated rings. The molecule has 1 aliphatic heterocycles. The second-order valence-corrected chi connectivity index (χ2v) is 3.17. The number of fused-ring (bicyclic) bond motifs is 2. The Balaban J connectivity index is 2.33. The smallest absolute Gasteiger partial charge is 0.137 e. The molecule has 2 nitrogen and oxygen atoms in total. The molecule has 1 aliphatic carbocycles. The molecule has 66 valence electrons. The predicted octanol–water partition coefficient (Wildman–Crippen LogP) is 2.40. The van der Waals surface area contributed by atoms with E-state index in [1.54, 1.807) is 6.20 Å². The summed E-state index contributed by atoms with van der Waals surface area (Å²) in [6.07, 6.45) is 15.9. The largest absolute Gasteiger partial charge is 0.293 e. The summed E-state index contributed by atoms with van der Waals surface area (Å²) in [5, 5.41) is 0.